The van der Waals surface area contributed by atoms with Gasteiger partial charge in [0.2, 0.25) is 0 Å². The maximum absolute atomic E-state index is 12.5. The van der Waals surface area contributed by atoms with Gasteiger partial charge in [0.1, 0.15) is 31.2 Å². The molecule has 2 amide bonds. The number of anilines is 2. The number of fused-ring (bicyclic) bond motifs is 2. The van der Waals surface area contributed by atoms with Gasteiger partial charge in [0, 0.05) is 35.8 Å². The Balaban J connectivity index is 1.25. The van der Waals surface area contributed by atoms with Crippen molar-refractivity contribution in [3.8, 4) is 17.2 Å². The largest absolute Gasteiger partial charge is 0.487 e. The number of pyridine rings is 1. The SMILES string of the molecule is Cc1ccc(NC(=O)Nc2ccc3c(c2)OCCO3)cc1OCc1cc(=O)n2ccccc2n1. The smallest absolute Gasteiger partial charge is 0.323 e. The normalized spacial score (nSPS) is 12.3. The summed E-state index contributed by atoms with van der Waals surface area (Å²) in [6.45, 7) is 3.00. The number of nitrogens with zero attached hydrogens (tertiary/aromatic N) is 2. The van der Waals surface area contributed by atoms with Crippen LogP contribution >= 0.6 is 0 Å². The number of aromatic nitrogens is 2. The molecular formula is C25H22N4O5. The lowest BCUT2D eigenvalue weighted by atomic mass is 10.2. The van der Waals surface area contributed by atoms with E-state index >= 15 is 0 Å². The van der Waals surface area contributed by atoms with Crippen LogP contribution in [0, 0.1) is 6.92 Å². The van der Waals surface area contributed by atoms with Gasteiger partial charge in [-0.05, 0) is 42.8 Å². The summed E-state index contributed by atoms with van der Waals surface area (Å²) in [7, 11) is 0. The molecule has 0 atom stereocenters. The fourth-order valence-corrected chi connectivity index (χ4v) is 3.58. The van der Waals surface area contributed by atoms with Gasteiger partial charge < -0.3 is 24.8 Å². The zero-order chi connectivity index (χ0) is 23.5. The average molecular weight is 458 g/mol. The van der Waals surface area contributed by atoms with Crippen LogP contribution in [0.1, 0.15) is 11.3 Å². The molecule has 0 saturated heterocycles. The third-order valence-electron chi connectivity index (χ3n) is 5.25. The molecule has 9 heteroatoms. The molecule has 172 valence electrons. The maximum atomic E-state index is 12.5. The highest BCUT2D eigenvalue weighted by Crippen LogP contribution is 2.32. The fraction of sp³-hybridized carbons (Fsp3) is 0.160. The summed E-state index contributed by atoms with van der Waals surface area (Å²) in [5, 5.41) is 5.58. The average Bonchev–Trinajstić information content (AvgIpc) is 2.84. The molecule has 34 heavy (non-hydrogen) atoms. The van der Waals surface area contributed by atoms with Gasteiger partial charge in [-0.1, -0.05) is 12.1 Å². The lowest BCUT2D eigenvalue weighted by Gasteiger charge is -2.19. The third-order valence-corrected chi connectivity index (χ3v) is 5.25. The Bertz CT molecular complexity index is 1430. The van der Waals surface area contributed by atoms with Gasteiger partial charge in [-0.3, -0.25) is 9.20 Å². The molecule has 0 unspecified atom stereocenters. The van der Waals surface area contributed by atoms with Crippen molar-refractivity contribution in [1.29, 1.82) is 0 Å². The molecule has 4 aromatic rings. The van der Waals surface area contributed by atoms with E-state index in [1.54, 1.807) is 48.7 Å². The van der Waals surface area contributed by atoms with Crippen molar-refractivity contribution in [2.45, 2.75) is 13.5 Å². The second-order valence-corrected chi connectivity index (χ2v) is 7.72. The number of rotatable bonds is 5. The predicted octanol–water partition coefficient (Wildman–Crippen LogP) is 4.00. The number of ether oxygens (including phenoxy) is 3. The minimum Gasteiger partial charge on any atom is -0.487 e. The van der Waals surface area contributed by atoms with Gasteiger partial charge in [-0.25, -0.2) is 9.78 Å². The Morgan fingerprint density at radius 3 is 2.62 bits per heavy atom. The predicted molar refractivity (Wildman–Crippen MR) is 127 cm³/mol. The number of nitrogens with one attached hydrogen (secondary N) is 2. The van der Waals surface area contributed by atoms with E-state index in [9.17, 15) is 9.59 Å². The van der Waals surface area contributed by atoms with Crippen molar-refractivity contribution in [3.05, 3.63) is 88.5 Å². The van der Waals surface area contributed by atoms with Crippen molar-refractivity contribution < 1.29 is 19.0 Å². The van der Waals surface area contributed by atoms with Crippen LogP contribution in [-0.4, -0.2) is 28.6 Å². The molecule has 5 rings (SSSR count). The number of amides is 2. The number of hydrogen-bond donors (Lipinski definition) is 2. The number of urea groups is 1. The second kappa shape index (κ2) is 9.14. The van der Waals surface area contributed by atoms with Crippen molar-refractivity contribution in [1.82, 2.24) is 9.38 Å². The Hall–Kier alpha value is -4.53. The van der Waals surface area contributed by atoms with E-state index in [0.717, 1.165) is 5.56 Å². The third kappa shape index (κ3) is 4.63. The first-order valence-corrected chi connectivity index (χ1v) is 10.7. The van der Waals surface area contributed by atoms with Crippen LogP contribution in [0.5, 0.6) is 17.2 Å². The topological polar surface area (TPSA) is 103 Å². The van der Waals surface area contributed by atoms with Gasteiger partial charge in [0.25, 0.3) is 5.56 Å². The number of carbonyl (C=O) groups is 1. The summed E-state index contributed by atoms with van der Waals surface area (Å²) in [5.41, 5.74) is 2.92. The number of hydrogen-bond acceptors (Lipinski definition) is 6. The van der Waals surface area contributed by atoms with E-state index in [-0.39, 0.29) is 12.2 Å². The summed E-state index contributed by atoms with van der Waals surface area (Å²) >= 11 is 0. The molecule has 0 radical (unpaired) electrons. The fourth-order valence-electron chi connectivity index (χ4n) is 3.58. The highest BCUT2D eigenvalue weighted by Gasteiger charge is 2.13. The zero-order valence-corrected chi connectivity index (χ0v) is 18.4. The van der Waals surface area contributed by atoms with Crippen LogP contribution in [0.3, 0.4) is 0 Å². The quantitative estimate of drug-likeness (QED) is 0.469. The van der Waals surface area contributed by atoms with Crippen LogP contribution in [-0.2, 0) is 6.61 Å². The van der Waals surface area contributed by atoms with Crippen molar-refractivity contribution >= 4 is 23.1 Å². The Kier molecular flexibility index (Phi) is 5.73. The van der Waals surface area contributed by atoms with E-state index < -0.39 is 6.03 Å². The molecule has 0 saturated carbocycles. The van der Waals surface area contributed by atoms with E-state index in [2.05, 4.69) is 15.6 Å². The monoisotopic (exact) mass is 458 g/mol. The van der Waals surface area contributed by atoms with Crippen LogP contribution in [0.25, 0.3) is 5.65 Å². The molecule has 0 fully saturated rings. The molecule has 0 bridgehead atoms. The maximum Gasteiger partial charge on any atom is 0.323 e. The molecular weight excluding hydrogens is 436 g/mol. The van der Waals surface area contributed by atoms with Gasteiger partial charge in [-0.2, -0.15) is 0 Å². The first-order chi connectivity index (χ1) is 16.5. The van der Waals surface area contributed by atoms with E-state index in [1.807, 2.05) is 19.1 Å². The van der Waals surface area contributed by atoms with Crippen LogP contribution in [0.2, 0.25) is 0 Å². The molecule has 2 aromatic heterocycles. The standard InChI is InChI=1S/C25H22N4O5/c1-16-5-6-17(27-25(31)28-18-7-8-20-22(13-18)33-11-10-32-20)12-21(16)34-15-19-14-24(30)29-9-3-2-4-23(29)26-19/h2-9,12-14H,10-11,15H2,1H3,(H2,27,28,31). The van der Waals surface area contributed by atoms with Gasteiger partial charge in [0.05, 0.1) is 5.69 Å². The summed E-state index contributed by atoms with van der Waals surface area (Å²) < 4.78 is 18.4. The molecule has 9 nitrogen and oxygen atoms in total. The van der Waals surface area contributed by atoms with E-state index in [4.69, 9.17) is 14.2 Å². The van der Waals surface area contributed by atoms with Gasteiger partial charge >= 0.3 is 6.03 Å². The summed E-state index contributed by atoms with van der Waals surface area (Å²) in [6, 6.07) is 17.0. The summed E-state index contributed by atoms with van der Waals surface area (Å²) in [4.78, 5) is 29.3. The minimum absolute atomic E-state index is 0.119. The van der Waals surface area contributed by atoms with Gasteiger partial charge in [-0.15, -0.1) is 0 Å². The minimum atomic E-state index is -0.407. The molecule has 1 aliphatic rings. The molecule has 0 aliphatic carbocycles. The highest BCUT2D eigenvalue weighted by atomic mass is 16.6. The van der Waals surface area contributed by atoms with Crippen molar-refractivity contribution in [2.75, 3.05) is 23.8 Å². The summed E-state index contributed by atoms with van der Waals surface area (Å²) in [5.74, 6) is 1.82. The van der Waals surface area contributed by atoms with Crippen LogP contribution in [0.4, 0.5) is 16.2 Å². The van der Waals surface area contributed by atoms with Gasteiger partial charge in [0.15, 0.2) is 11.5 Å². The molecule has 0 spiro atoms. The Labute approximate surface area is 194 Å². The number of benzene rings is 2. The van der Waals surface area contributed by atoms with E-state index in [0.29, 0.717) is 53.2 Å². The first kappa shape index (κ1) is 21.3. The molecule has 3 heterocycles. The molecule has 1 aliphatic heterocycles. The Morgan fingerprint density at radius 2 is 1.76 bits per heavy atom. The molecule has 2 N–H and O–H groups in total. The van der Waals surface area contributed by atoms with Crippen molar-refractivity contribution in [2.24, 2.45) is 0 Å². The van der Waals surface area contributed by atoms with Crippen molar-refractivity contribution in [3.63, 3.8) is 0 Å². The summed E-state index contributed by atoms with van der Waals surface area (Å²) in [6.07, 6.45) is 1.67. The number of aryl methyl sites for hydroxylation is 1. The lowest BCUT2D eigenvalue weighted by molar-refractivity contribution is 0.171. The zero-order valence-electron chi connectivity index (χ0n) is 18.4. The first-order valence-electron chi connectivity index (χ1n) is 10.7. The van der Waals surface area contributed by atoms with Crippen LogP contribution < -0.4 is 30.4 Å². The number of carbonyl (C=O) groups excluding carboxylic acids is 1. The van der Waals surface area contributed by atoms with Crippen LogP contribution in [0.15, 0.2) is 71.7 Å². The lowest BCUT2D eigenvalue weighted by Crippen LogP contribution is -2.20. The van der Waals surface area contributed by atoms with E-state index in [1.165, 1.54) is 10.5 Å². The Morgan fingerprint density at radius 1 is 1.00 bits per heavy atom. The second-order valence-electron chi connectivity index (χ2n) is 7.72. The molecule has 2 aromatic carbocycles. The highest BCUT2D eigenvalue weighted by molar-refractivity contribution is 6.00.